The SMILES string of the molecule is CC(=O)OC[C@@]12C=C[C@@H](O1)[C@@H]1C(=O)N(c3ccccc3C(F)(F)F)C(=O)[C@H]12. The zero-order valence-corrected chi connectivity index (χ0v) is 14.0. The van der Waals surface area contributed by atoms with E-state index in [0.717, 1.165) is 12.1 Å². The highest BCUT2D eigenvalue weighted by Gasteiger charge is 2.68. The van der Waals surface area contributed by atoms with E-state index >= 15 is 0 Å². The van der Waals surface area contributed by atoms with Crippen molar-refractivity contribution in [2.75, 3.05) is 11.5 Å². The molecule has 4 rings (SSSR count). The minimum Gasteiger partial charge on any atom is -0.462 e. The van der Waals surface area contributed by atoms with E-state index in [1.54, 1.807) is 12.2 Å². The van der Waals surface area contributed by atoms with Crippen LogP contribution in [-0.2, 0) is 30.0 Å². The van der Waals surface area contributed by atoms with Crippen LogP contribution in [0.2, 0.25) is 0 Å². The first kappa shape index (κ1) is 17.7. The Bertz CT molecular complexity index is 880. The van der Waals surface area contributed by atoms with Crippen LogP contribution < -0.4 is 4.90 Å². The number of alkyl halides is 3. The van der Waals surface area contributed by atoms with Crippen molar-refractivity contribution in [2.24, 2.45) is 11.8 Å². The predicted molar refractivity (Wildman–Crippen MR) is 84.3 cm³/mol. The van der Waals surface area contributed by atoms with E-state index in [4.69, 9.17) is 9.47 Å². The number of benzene rings is 1. The van der Waals surface area contributed by atoms with Gasteiger partial charge in [-0.2, -0.15) is 13.2 Å². The van der Waals surface area contributed by atoms with Crippen molar-refractivity contribution >= 4 is 23.5 Å². The lowest BCUT2D eigenvalue weighted by molar-refractivity contribution is -0.151. The monoisotopic (exact) mass is 381 g/mol. The first-order valence-electron chi connectivity index (χ1n) is 8.20. The number of rotatable bonds is 3. The first-order chi connectivity index (χ1) is 12.7. The molecule has 3 aliphatic heterocycles. The Kier molecular flexibility index (Phi) is 3.71. The fourth-order valence-electron chi connectivity index (χ4n) is 4.03. The fourth-order valence-corrected chi connectivity index (χ4v) is 4.03. The van der Waals surface area contributed by atoms with E-state index in [9.17, 15) is 27.6 Å². The van der Waals surface area contributed by atoms with Gasteiger partial charge in [-0.1, -0.05) is 18.2 Å². The van der Waals surface area contributed by atoms with Gasteiger partial charge in [-0.15, -0.1) is 0 Å². The Hall–Kier alpha value is -2.68. The molecule has 4 atom stereocenters. The lowest BCUT2D eigenvalue weighted by atomic mass is 9.77. The third-order valence-corrected chi connectivity index (χ3v) is 5.11. The summed E-state index contributed by atoms with van der Waals surface area (Å²) in [5.74, 6) is -4.12. The van der Waals surface area contributed by atoms with Gasteiger partial charge >= 0.3 is 12.1 Å². The van der Waals surface area contributed by atoms with Crippen LogP contribution in [0.3, 0.4) is 0 Å². The smallest absolute Gasteiger partial charge is 0.418 e. The number of amides is 2. The summed E-state index contributed by atoms with van der Waals surface area (Å²) in [4.78, 5) is 37.6. The molecule has 142 valence electrons. The number of carbonyl (C=O) groups is 3. The van der Waals surface area contributed by atoms with Crippen molar-refractivity contribution in [3.63, 3.8) is 0 Å². The molecule has 0 unspecified atom stereocenters. The molecule has 1 aromatic rings. The predicted octanol–water partition coefficient (Wildman–Crippen LogP) is 2.08. The van der Waals surface area contributed by atoms with Crippen molar-refractivity contribution < 1.29 is 37.0 Å². The number of hydrogen-bond acceptors (Lipinski definition) is 5. The first-order valence-corrected chi connectivity index (χ1v) is 8.20. The lowest BCUT2D eigenvalue weighted by Gasteiger charge is -2.28. The molecule has 0 N–H and O–H groups in total. The highest BCUT2D eigenvalue weighted by atomic mass is 19.4. The minimum absolute atomic E-state index is 0.287. The highest BCUT2D eigenvalue weighted by molar-refractivity contribution is 6.23. The Morgan fingerprint density at radius 3 is 2.63 bits per heavy atom. The van der Waals surface area contributed by atoms with Crippen LogP contribution in [0.1, 0.15) is 12.5 Å². The maximum atomic E-state index is 13.4. The number of fused-ring (bicyclic) bond motifs is 5. The number of carbonyl (C=O) groups excluding carboxylic acids is 3. The number of esters is 1. The molecule has 0 radical (unpaired) electrons. The van der Waals surface area contributed by atoms with E-state index in [1.807, 2.05) is 0 Å². The summed E-state index contributed by atoms with van der Waals surface area (Å²) in [6.45, 7) is 0.900. The molecule has 27 heavy (non-hydrogen) atoms. The van der Waals surface area contributed by atoms with Crippen molar-refractivity contribution in [3.05, 3.63) is 42.0 Å². The Balaban J connectivity index is 1.74. The zero-order chi connectivity index (χ0) is 19.6. The Morgan fingerprint density at radius 1 is 1.26 bits per heavy atom. The van der Waals surface area contributed by atoms with Gasteiger partial charge in [0.1, 0.15) is 12.2 Å². The summed E-state index contributed by atoms with van der Waals surface area (Å²) in [6, 6.07) is 4.43. The zero-order valence-electron chi connectivity index (χ0n) is 14.0. The lowest BCUT2D eigenvalue weighted by Crippen LogP contribution is -2.44. The number of anilines is 1. The van der Waals surface area contributed by atoms with Crippen molar-refractivity contribution in [1.82, 2.24) is 0 Å². The van der Waals surface area contributed by atoms with Crippen LogP contribution in [0.15, 0.2) is 36.4 Å². The maximum Gasteiger partial charge on any atom is 0.418 e. The normalized spacial score (nSPS) is 31.6. The molecule has 2 bridgehead atoms. The van der Waals surface area contributed by atoms with Gasteiger partial charge in [-0.25, -0.2) is 4.90 Å². The quantitative estimate of drug-likeness (QED) is 0.455. The van der Waals surface area contributed by atoms with Gasteiger partial charge in [-0.05, 0) is 18.2 Å². The largest absolute Gasteiger partial charge is 0.462 e. The molecule has 2 amide bonds. The molecule has 6 nitrogen and oxygen atoms in total. The Labute approximate surface area is 151 Å². The van der Waals surface area contributed by atoms with Gasteiger partial charge in [0.25, 0.3) is 0 Å². The molecular formula is C18H14F3NO5. The summed E-state index contributed by atoms with van der Waals surface area (Å²) >= 11 is 0. The van der Waals surface area contributed by atoms with Crippen LogP contribution in [0, 0.1) is 11.8 Å². The van der Waals surface area contributed by atoms with Crippen molar-refractivity contribution in [1.29, 1.82) is 0 Å². The minimum atomic E-state index is -4.72. The molecule has 2 saturated heterocycles. The van der Waals surface area contributed by atoms with Crippen LogP contribution in [0.4, 0.5) is 18.9 Å². The molecule has 2 fully saturated rings. The molecule has 3 heterocycles. The van der Waals surface area contributed by atoms with Gasteiger partial charge in [0.15, 0.2) is 0 Å². The van der Waals surface area contributed by atoms with Crippen LogP contribution >= 0.6 is 0 Å². The molecule has 3 aliphatic rings. The van der Waals surface area contributed by atoms with Gasteiger partial charge < -0.3 is 9.47 Å². The Morgan fingerprint density at radius 2 is 1.96 bits per heavy atom. The molecule has 0 aromatic heterocycles. The van der Waals surface area contributed by atoms with Crippen LogP contribution in [0.5, 0.6) is 0 Å². The second kappa shape index (κ2) is 5.66. The number of imide groups is 1. The molecular weight excluding hydrogens is 367 g/mol. The molecule has 0 aliphatic carbocycles. The number of ether oxygens (including phenoxy) is 2. The molecule has 0 saturated carbocycles. The second-order valence-corrected chi connectivity index (χ2v) is 6.71. The highest BCUT2D eigenvalue weighted by Crippen LogP contribution is 2.53. The average molecular weight is 381 g/mol. The number of halogens is 3. The van der Waals surface area contributed by atoms with Gasteiger partial charge in [0.05, 0.1) is 29.2 Å². The number of para-hydroxylation sites is 1. The molecule has 0 spiro atoms. The standard InChI is InChI=1S/C18H14F3NO5/c1-9(23)26-8-17-7-6-12(27-17)13-14(17)16(25)22(15(13)24)11-5-3-2-4-10(11)18(19,20)21/h2-7,12-14H,8H2,1H3/t12-,13+,14+,17-/m1/s1. The topological polar surface area (TPSA) is 72.9 Å². The van der Waals surface area contributed by atoms with Crippen LogP contribution in [0.25, 0.3) is 0 Å². The summed E-state index contributed by atoms with van der Waals surface area (Å²) < 4.78 is 50.8. The van der Waals surface area contributed by atoms with E-state index in [-0.39, 0.29) is 6.61 Å². The van der Waals surface area contributed by atoms with Crippen molar-refractivity contribution in [2.45, 2.75) is 24.8 Å². The third kappa shape index (κ3) is 2.48. The van der Waals surface area contributed by atoms with E-state index in [2.05, 4.69) is 0 Å². The summed E-state index contributed by atoms with van der Waals surface area (Å²) in [6.07, 6.45) is -2.34. The van der Waals surface area contributed by atoms with Crippen molar-refractivity contribution in [3.8, 4) is 0 Å². The number of nitrogens with zero attached hydrogens (tertiary/aromatic N) is 1. The van der Waals surface area contributed by atoms with Gasteiger partial charge in [0.2, 0.25) is 11.8 Å². The average Bonchev–Trinajstić information content (AvgIpc) is 3.23. The third-order valence-electron chi connectivity index (χ3n) is 5.11. The van der Waals surface area contributed by atoms with E-state index in [0.29, 0.717) is 4.90 Å². The van der Waals surface area contributed by atoms with Gasteiger partial charge in [-0.3, -0.25) is 14.4 Å². The second-order valence-electron chi connectivity index (χ2n) is 6.71. The number of hydrogen-bond donors (Lipinski definition) is 0. The van der Waals surface area contributed by atoms with E-state index < -0.39 is 58.8 Å². The molecule has 1 aromatic carbocycles. The maximum absolute atomic E-state index is 13.4. The van der Waals surface area contributed by atoms with E-state index in [1.165, 1.54) is 19.1 Å². The fraction of sp³-hybridized carbons (Fsp3) is 0.389. The summed E-state index contributed by atoms with van der Waals surface area (Å²) in [5.41, 5.74) is -2.91. The summed E-state index contributed by atoms with van der Waals surface area (Å²) in [7, 11) is 0. The van der Waals surface area contributed by atoms with Gasteiger partial charge in [0, 0.05) is 6.92 Å². The van der Waals surface area contributed by atoms with Crippen LogP contribution in [-0.4, -0.2) is 36.1 Å². The molecule has 9 heteroatoms. The summed E-state index contributed by atoms with van der Waals surface area (Å²) in [5, 5.41) is 0.